The van der Waals surface area contributed by atoms with Crippen molar-refractivity contribution in [3.05, 3.63) is 53.2 Å². The number of nitrogens with zero attached hydrogens (tertiary/aromatic N) is 3. The molecule has 30 heavy (non-hydrogen) atoms. The standard InChI is InChI=1S/C23H31N5O2/c1-5-22(29)28-11-9-19(15-28)27-23(24-4)26-14-18-8-10-25-21(13-18)30-20-7-6-16(2)17(3)12-20/h6-8,10,12-13,19H,5,9,11,14-15H2,1-4H3,(H2,24,26,27). The van der Waals surface area contributed by atoms with Crippen LogP contribution in [0, 0.1) is 13.8 Å². The van der Waals surface area contributed by atoms with E-state index in [2.05, 4.69) is 34.5 Å². The van der Waals surface area contributed by atoms with Gasteiger partial charge in [0.1, 0.15) is 5.75 Å². The van der Waals surface area contributed by atoms with Crippen molar-refractivity contribution >= 4 is 11.9 Å². The summed E-state index contributed by atoms with van der Waals surface area (Å²) >= 11 is 0. The lowest BCUT2D eigenvalue weighted by Crippen LogP contribution is -2.44. The Morgan fingerprint density at radius 3 is 2.83 bits per heavy atom. The summed E-state index contributed by atoms with van der Waals surface area (Å²) in [7, 11) is 1.75. The number of aryl methyl sites for hydroxylation is 2. The van der Waals surface area contributed by atoms with Crippen LogP contribution in [0.25, 0.3) is 0 Å². The van der Waals surface area contributed by atoms with E-state index in [9.17, 15) is 4.79 Å². The summed E-state index contributed by atoms with van der Waals surface area (Å²) in [6, 6.07) is 10.1. The Labute approximate surface area is 178 Å². The van der Waals surface area contributed by atoms with Crippen LogP contribution in [0.15, 0.2) is 41.5 Å². The minimum Gasteiger partial charge on any atom is -0.439 e. The third kappa shape index (κ3) is 5.72. The number of nitrogens with one attached hydrogen (secondary N) is 2. The van der Waals surface area contributed by atoms with Crippen LogP contribution < -0.4 is 15.4 Å². The fourth-order valence-corrected chi connectivity index (χ4v) is 3.42. The third-order valence-electron chi connectivity index (χ3n) is 5.37. The molecule has 0 aliphatic carbocycles. The number of aliphatic imine (C=N–C) groups is 1. The second-order valence-corrected chi connectivity index (χ2v) is 7.60. The Balaban J connectivity index is 1.54. The molecular weight excluding hydrogens is 378 g/mol. The van der Waals surface area contributed by atoms with Gasteiger partial charge in [-0.3, -0.25) is 9.79 Å². The van der Waals surface area contributed by atoms with Crippen LogP contribution in [0.5, 0.6) is 11.6 Å². The Hall–Kier alpha value is -3.09. The molecule has 3 rings (SSSR count). The van der Waals surface area contributed by atoms with Crippen molar-refractivity contribution in [3.63, 3.8) is 0 Å². The summed E-state index contributed by atoms with van der Waals surface area (Å²) in [5, 5.41) is 6.74. The van der Waals surface area contributed by atoms with Crippen molar-refractivity contribution in [3.8, 4) is 11.6 Å². The van der Waals surface area contributed by atoms with Gasteiger partial charge in [-0.15, -0.1) is 0 Å². The summed E-state index contributed by atoms with van der Waals surface area (Å²) < 4.78 is 5.92. The molecule has 1 saturated heterocycles. The maximum Gasteiger partial charge on any atom is 0.222 e. The van der Waals surface area contributed by atoms with Gasteiger partial charge in [-0.1, -0.05) is 13.0 Å². The Morgan fingerprint density at radius 1 is 1.27 bits per heavy atom. The molecule has 1 aromatic carbocycles. The van der Waals surface area contributed by atoms with Gasteiger partial charge in [0.05, 0.1) is 0 Å². The number of benzene rings is 1. The first-order valence-corrected chi connectivity index (χ1v) is 10.4. The third-order valence-corrected chi connectivity index (χ3v) is 5.37. The van der Waals surface area contributed by atoms with Gasteiger partial charge in [0.25, 0.3) is 0 Å². The van der Waals surface area contributed by atoms with Crippen LogP contribution in [0.3, 0.4) is 0 Å². The maximum absolute atomic E-state index is 11.9. The molecule has 0 radical (unpaired) electrons. The molecule has 1 aliphatic rings. The number of ether oxygens (including phenoxy) is 1. The second kappa shape index (κ2) is 10.1. The van der Waals surface area contributed by atoms with Crippen molar-refractivity contribution in [2.24, 2.45) is 4.99 Å². The predicted molar refractivity (Wildman–Crippen MR) is 119 cm³/mol. The van der Waals surface area contributed by atoms with Crippen molar-refractivity contribution < 1.29 is 9.53 Å². The number of carbonyl (C=O) groups is 1. The molecule has 0 spiro atoms. The zero-order valence-corrected chi connectivity index (χ0v) is 18.2. The van der Waals surface area contributed by atoms with E-state index in [4.69, 9.17) is 4.74 Å². The zero-order valence-electron chi connectivity index (χ0n) is 18.2. The first-order chi connectivity index (χ1) is 14.5. The first-order valence-electron chi connectivity index (χ1n) is 10.4. The number of rotatable bonds is 6. The summed E-state index contributed by atoms with van der Waals surface area (Å²) in [6.07, 6.45) is 3.22. The molecule has 1 aliphatic heterocycles. The molecule has 0 bridgehead atoms. The molecule has 1 unspecified atom stereocenters. The molecule has 0 saturated carbocycles. The Morgan fingerprint density at radius 2 is 2.10 bits per heavy atom. The number of likely N-dealkylation sites (tertiary alicyclic amines) is 1. The molecule has 1 atom stereocenters. The highest BCUT2D eigenvalue weighted by molar-refractivity contribution is 5.80. The van der Waals surface area contributed by atoms with Crippen LogP contribution in [0.2, 0.25) is 0 Å². The van der Waals surface area contributed by atoms with E-state index in [1.807, 2.05) is 42.2 Å². The highest BCUT2D eigenvalue weighted by Gasteiger charge is 2.25. The second-order valence-electron chi connectivity index (χ2n) is 7.60. The monoisotopic (exact) mass is 409 g/mol. The van der Waals surface area contributed by atoms with Gasteiger partial charge in [0.2, 0.25) is 11.8 Å². The number of carbonyl (C=O) groups excluding carboxylic acids is 1. The van der Waals surface area contributed by atoms with E-state index in [0.717, 1.165) is 36.8 Å². The average molecular weight is 410 g/mol. The van der Waals surface area contributed by atoms with Gasteiger partial charge in [0, 0.05) is 51.4 Å². The van der Waals surface area contributed by atoms with E-state index >= 15 is 0 Å². The Bertz CT molecular complexity index is 912. The number of aromatic nitrogens is 1. The minimum atomic E-state index is 0.204. The average Bonchev–Trinajstić information content (AvgIpc) is 3.22. The topological polar surface area (TPSA) is 78.9 Å². The number of hydrogen-bond donors (Lipinski definition) is 2. The highest BCUT2D eigenvalue weighted by Crippen LogP contribution is 2.22. The molecule has 7 nitrogen and oxygen atoms in total. The number of guanidine groups is 1. The minimum absolute atomic E-state index is 0.204. The van der Waals surface area contributed by atoms with Crippen LogP contribution in [0.4, 0.5) is 0 Å². The predicted octanol–water partition coefficient (Wildman–Crippen LogP) is 3.17. The van der Waals surface area contributed by atoms with Crippen LogP contribution in [0.1, 0.15) is 36.5 Å². The SMILES string of the molecule is CCC(=O)N1CCC(NC(=NC)NCc2ccnc(Oc3ccc(C)c(C)c3)c2)C1. The summed E-state index contributed by atoms with van der Waals surface area (Å²) in [4.78, 5) is 22.4. The van der Waals surface area contributed by atoms with E-state index in [-0.39, 0.29) is 11.9 Å². The highest BCUT2D eigenvalue weighted by atomic mass is 16.5. The maximum atomic E-state index is 11.9. The lowest BCUT2D eigenvalue weighted by atomic mass is 10.1. The lowest BCUT2D eigenvalue weighted by molar-refractivity contribution is -0.129. The summed E-state index contributed by atoms with van der Waals surface area (Å²) in [5.74, 6) is 2.26. The largest absolute Gasteiger partial charge is 0.439 e. The van der Waals surface area contributed by atoms with E-state index in [0.29, 0.717) is 18.8 Å². The molecule has 1 amide bonds. The van der Waals surface area contributed by atoms with E-state index in [1.165, 1.54) is 11.1 Å². The van der Waals surface area contributed by atoms with Crippen molar-refractivity contribution in [1.29, 1.82) is 0 Å². The fourth-order valence-electron chi connectivity index (χ4n) is 3.42. The van der Waals surface area contributed by atoms with Gasteiger partial charge in [-0.2, -0.15) is 0 Å². The molecule has 160 valence electrons. The number of amides is 1. The molecule has 1 aromatic heterocycles. The van der Waals surface area contributed by atoms with Crippen molar-refractivity contribution in [2.75, 3.05) is 20.1 Å². The van der Waals surface area contributed by atoms with Crippen molar-refractivity contribution in [2.45, 2.75) is 46.2 Å². The molecule has 2 aromatic rings. The first kappa shape index (κ1) is 21.6. The van der Waals surface area contributed by atoms with Crippen LogP contribution >= 0.6 is 0 Å². The number of pyridine rings is 1. The van der Waals surface area contributed by atoms with Crippen molar-refractivity contribution in [1.82, 2.24) is 20.5 Å². The zero-order chi connectivity index (χ0) is 21.5. The van der Waals surface area contributed by atoms with E-state index in [1.54, 1.807) is 13.2 Å². The smallest absolute Gasteiger partial charge is 0.222 e. The molecule has 2 N–H and O–H groups in total. The normalized spacial score (nSPS) is 16.5. The van der Waals surface area contributed by atoms with Gasteiger partial charge >= 0.3 is 0 Å². The van der Waals surface area contributed by atoms with Crippen LogP contribution in [-0.4, -0.2) is 47.9 Å². The van der Waals surface area contributed by atoms with Gasteiger partial charge in [-0.25, -0.2) is 4.98 Å². The molecule has 2 heterocycles. The summed E-state index contributed by atoms with van der Waals surface area (Å²) in [6.45, 7) is 8.15. The van der Waals surface area contributed by atoms with Gasteiger partial charge < -0.3 is 20.3 Å². The quantitative estimate of drug-likeness (QED) is 0.566. The Kier molecular flexibility index (Phi) is 7.27. The van der Waals surface area contributed by atoms with Gasteiger partial charge in [0.15, 0.2) is 5.96 Å². The molecule has 7 heteroatoms. The molecule has 1 fully saturated rings. The van der Waals surface area contributed by atoms with Gasteiger partial charge in [-0.05, 0) is 55.2 Å². The number of hydrogen-bond acceptors (Lipinski definition) is 4. The molecular formula is C23H31N5O2. The summed E-state index contributed by atoms with van der Waals surface area (Å²) in [5.41, 5.74) is 3.46. The van der Waals surface area contributed by atoms with Crippen LogP contribution in [-0.2, 0) is 11.3 Å². The fraction of sp³-hybridized carbons (Fsp3) is 0.435. The van der Waals surface area contributed by atoms with E-state index < -0.39 is 0 Å². The lowest BCUT2D eigenvalue weighted by Gasteiger charge is -2.19.